The van der Waals surface area contributed by atoms with E-state index in [1.165, 1.54) is 19.3 Å². The van der Waals surface area contributed by atoms with Gasteiger partial charge in [-0.2, -0.15) is 5.10 Å². The van der Waals surface area contributed by atoms with Gasteiger partial charge < -0.3 is 0 Å². The summed E-state index contributed by atoms with van der Waals surface area (Å²) in [5.41, 5.74) is 1.06. The molecule has 1 saturated carbocycles. The minimum atomic E-state index is 0.216. The zero-order chi connectivity index (χ0) is 9.97. The first-order chi connectivity index (χ1) is 6.81. The molecule has 3 heteroatoms. The van der Waals surface area contributed by atoms with Crippen molar-refractivity contribution < 1.29 is 4.79 Å². The van der Waals surface area contributed by atoms with Gasteiger partial charge in [-0.05, 0) is 19.3 Å². The lowest BCUT2D eigenvalue weighted by Gasteiger charge is -2.27. The molecule has 1 fully saturated rings. The number of nitrogens with zero attached hydrogens (tertiary/aromatic N) is 2. The standard InChI is InChI=1S/C11H18N2O/c1-2-9-8-11(14)13(12-9)10-6-4-3-5-7-10/h10H,2-8H2,1H3. The van der Waals surface area contributed by atoms with Crippen LogP contribution in [0.5, 0.6) is 0 Å². The molecule has 0 aromatic carbocycles. The number of carbonyl (C=O) groups is 1. The summed E-state index contributed by atoms with van der Waals surface area (Å²) in [6.07, 6.45) is 7.60. The van der Waals surface area contributed by atoms with Crippen LogP contribution in [0.2, 0.25) is 0 Å². The smallest absolute Gasteiger partial charge is 0.248 e. The zero-order valence-electron chi connectivity index (χ0n) is 8.83. The summed E-state index contributed by atoms with van der Waals surface area (Å²) >= 11 is 0. The molecule has 1 amide bonds. The van der Waals surface area contributed by atoms with Crippen LogP contribution in [0.25, 0.3) is 0 Å². The summed E-state index contributed by atoms with van der Waals surface area (Å²) in [5.74, 6) is 0.216. The molecular weight excluding hydrogens is 176 g/mol. The number of carbonyl (C=O) groups excluding carboxylic acids is 1. The van der Waals surface area contributed by atoms with Gasteiger partial charge in [0.2, 0.25) is 5.91 Å². The molecule has 0 bridgehead atoms. The van der Waals surface area contributed by atoms with E-state index < -0.39 is 0 Å². The molecule has 1 aliphatic heterocycles. The van der Waals surface area contributed by atoms with Crippen molar-refractivity contribution in [3.63, 3.8) is 0 Å². The molecule has 0 aromatic rings. The maximum Gasteiger partial charge on any atom is 0.248 e. The van der Waals surface area contributed by atoms with Gasteiger partial charge in [-0.15, -0.1) is 0 Å². The van der Waals surface area contributed by atoms with E-state index in [0.29, 0.717) is 12.5 Å². The van der Waals surface area contributed by atoms with Crippen LogP contribution < -0.4 is 0 Å². The highest BCUT2D eigenvalue weighted by Crippen LogP contribution is 2.26. The maximum absolute atomic E-state index is 11.7. The highest BCUT2D eigenvalue weighted by atomic mass is 16.2. The lowest BCUT2D eigenvalue weighted by Crippen LogP contribution is -2.34. The van der Waals surface area contributed by atoms with Crippen molar-refractivity contribution in [3.8, 4) is 0 Å². The molecule has 0 N–H and O–H groups in total. The monoisotopic (exact) mass is 194 g/mol. The predicted molar refractivity (Wildman–Crippen MR) is 56.1 cm³/mol. The Kier molecular flexibility index (Phi) is 2.85. The summed E-state index contributed by atoms with van der Waals surface area (Å²) in [6.45, 7) is 2.07. The van der Waals surface area contributed by atoms with Gasteiger partial charge in [-0.25, -0.2) is 5.01 Å². The highest BCUT2D eigenvalue weighted by molar-refractivity contribution is 6.04. The summed E-state index contributed by atoms with van der Waals surface area (Å²) in [7, 11) is 0. The predicted octanol–water partition coefficient (Wildman–Crippen LogP) is 2.32. The second-order valence-corrected chi connectivity index (χ2v) is 4.23. The third-order valence-corrected chi connectivity index (χ3v) is 3.19. The quantitative estimate of drug-likeness (QED) is 0.664. The van der Waals surface area contributed by atoms with Gasteiger partial charge in [0.05, 0.1) is 12.5 Å². The van der Waals surface area contributed by atoms with Gasteiger partial charge in [-0.1, -0.05) is 26.2 Å². The second kappa shape index (κ2) is 4.11. The Bertz CT molecular complexity index is 254. The van der Waals surface area contributed by atoms with E-state index in [4.69, 9.17) is 0 Å². The molecule has 0 atom stereocenters. The highest BCUT2D eigenvalue weighted by Gasteiger charge is 2.30. The van der Waals surface area contributed by atoms with E-state index in [1.807, 2.05) is 0 Å². The molecular formula is C11H18N2O. The van der Waals surface area contributed by atoms with Gasteiger partial charge in [0.15, 0.2) is 0 Å². The molecule has 0 saturated heterocycles. The Morgan fingerprint density at radius 1 is 1.36 bits per heavy atom. The number of hydrogen-bond acceptors (Lipinski definition) is 2. The van der Waals surface area contributed by atoms with Gasteiger partial charge in [0.1, 0.15) is 0 Å². The molecule has 14 heavy (non-hydrogen) atoms. The average Bonchev–Trinajstić information content (AvgIpc) is 2.61. The van der Waals surface area contributed by atoms with Crippen molar-refractivity contribution in [1.29, 1.82) is 0 Å². The SMILES string of the molecule is CCC1=NN(C2CCCCC2)C(=O)C1. The second-order valence-electron chi connectivity index (χ2n) is 4.23. The summed E-state index contributed by atoms with van der Waals surface area (Å²) < 4.78 is 0. The Labute approximate surface area is 85.2 Å². The van der Waals surface area contributed by atoms with E-state index >= 15 is 0 Å². The lowest BCUT2D eigenvalue weighted by atomic mass is 9.95. The minimum Gasteiger partial charge on any atom is -0.273 e. The normalized spacial score (nSPS) is 24.2. The Morgan fingerprint density at radius 2 is 2.07 bits per heavy atom. The van der Waals surface area contributed by atoms with Crippen LogP contribution in [0.15, 0.2) is 5.10 Å². The molecule has 1 aliphatic carbocycles. The van der Waals surface area contributed by atoms with E-state index in [9.17, 15) is 4.79 Å². The number of rotatable bonds is 2. The molecule has 2 rings (SSSR count). The van der Waals surface area contributed by atoms with Crippen molar-refractivity contribution in [2.24, 2.45) is 5.10 Å². The van der Waals surface area contributed by atoms with E-state index in [-0.39, 0.29) is 5.91 Å². The third-order valence-electron chi connectivity index (χ3n) is 3.19. The van der Waals surface area contributed by atoms with Crippen LogP contribution >= 0.6 is 0 Å². The summed E-state index contributed by atoms with van der Waals surface area (Å²) in [5, 5.41) is 6.17. The first-order valence-corrected chi connectivity index (χ1v) is 5.69. The average molecular weight is 194 g/mol. The molecule has 78 valence electrons. The molecule has 3 nitrogen and oxygen atoms in total. The van der Waals surface area contributed by atoms with Crippen LogP contribution in [-0.2, 0) is 4.79 Å². The van der Waals surface area contributed by atoms with Crippen molar-refractivity contribution in [3.05, 3.63) is 0 Å². The first-order valence-electron chi connectivity index (χ1n) is 5.69. The Balaban J connectivity index is 2.02. The maximum atomic E-state index is 11.7. The topological polar surface area (TPSA) is 32.7 Å². The van der Waals surface area contributed by atoms with Crippen LogP contribution in [0.3, 0.4) is 0 Å². The van der Waals surface area contributed by atoms with Crippen molar-refractivity contribution >= 4 is 11.6 Å². The lowest BCUT2D eigenvalue weighted by molar-refractivity contribution is -0.131. The van der Waals surface area contributed by atoms with Crippen molar-refractivity contribution in [2.75, 3.05) is 0 Å². The van der Waals surface area contributed by atoms with Crippen molar-refractivity contribution in [2.45, 2.75) is 57.9 Å². The summed E-state index contributed by atoms with van der Waals surface area (Å²) in [6, 6.07) is 0.403. The molecule has 2 aliphatic rings. The van der Waals surface area contributed by atoms with Crippen LogP contribution in [0.4, 0.5) is 0 Å². The van der Waals surface area contributed by atoms with Crippen LogP contribution in [-0.4, -0.2) is 22.7 Å². The Hall–Kier alpha value is -0.860. The van der Waals surface area contributed by atoms with E-state index in [2.05, 4.69) is 12.0 Å². The molecule has 0 spiro atoms. The Morgan fingerprint density at radius 3 is 2.64 bits per heavy atom. The largest absolute Gasteiger partial charge is 0.273 e. The molecule has 0 unspecified atom stereocenters. The fourth-order valence-electron chi connectivity index (χ4n) is 2.31. The zero-order valence-corrected chi connectivity index (χ0v) is 8.83. The fourth-order valence-corrected chi connectivity index (χ4v) is 2.31. The van der Waals surface area contributed by atoms with Crippen LogP contribution in [0, 0.1) is 0 Å². The molecule has 0 aromatic heterocycles. The van der Waals surface area contributed by atoms with E-state index in [1.54, 1.807) is 5.01 Å². The van der Waals surface area contributed by atoms with E-state index in [0.717, 1.165) is 25.0 Å². The minimum absolute atomic E-state index is 0.216. The number of hydrogen-bond donors (Lipinski definition) is 0. The third kappa shape index (κ3) is 1.81. The van der Waals surface area contributed by atoms with Gasteiger partial charge >= 0.3 is 0 Å². The van der Waals surface area contributed by atoms with Gasteiger partial charge in [0.25, 0.3) is 0 Å². The fraction of sp³-hybridized carbons (Fsp3) is 0.818. The number of hydrazone groups is 1. The van der Waals surface area contributed by atoms with Crippen LogP contribution in [0.1, 0.15) is 51.9 Å². The van der Waals surface area contributed by atoms with Gasteiger partial charge in [0, 0.05) is 5.71 Å². The van der Waals surface area contributed by atoms with Gasteiger partial charge in [-0.3, -0.25) is 4.79 Å². The van der Waals surface area contributed by atoms with Crippen molar-refractivity contribution in [1.82, 2.24) is 5.01 Å². The molecule has 1 heterocycles. The summed E-state index contributed by atoms with van der Waals surface area (Å²) in [4.78, 5) is 11.7. The first kappa shape index (κ1) is 9.69. The number of amides is 1. The molecule has 0 radical (unpaired) electrons.